The van der Waals surface area contributed by atoms with E-state index in [-0.39, 0.29) is 17.7 Å². The van der Waals surface area contributed by atoms with E-state index in [1.165, 1.54) is 11.1 Å². The fraction of sp³-hybridized carbons (Fsp3) is 0.579. The molecule has 2 aliphatic heterocycles. The number of nitrogens with zero attached hydrogens (tertiary/aromatic N) is 1. The van der Waals surface area contributed by atoms with Crippen molar-refractivity contribution in [3.8, 4) is 0 Å². The van der Waals surface area contributed by atoms with E-state index in [1.54, 1.807) is 0 Å². The maximum Gasteiger partial charge on any atom is 0.223 e. The zero-order valence-corrected chi connectivity index (χ0v) is 14.4. The number of nitrogens with one attached hydrogen (secondary N) is 2. The second kappa shape index (κ2) is 7.79. The highest BCUT2D eigenvalue weighted by atomic mass is 16.2. The molecule has 0 radical (unpaired) electrons. The first-order chi connectivity index (χ1) is 11.6. The number of carbonyl (C=O) groups excluding carboxylic acids is 2. The molecule has 0 aliphatic carbocycles. The van der Waals surface area contributed by atoms with Crippen LogP contribution in [0.3, 0.4) is 0 Å². The molecule has 2 amide bonds. The largest absolute Gasteiger partial charge is 0.356 e. The Morgan fingerprint density at radius 1 is 1.25 bits per heavy atom. The van der Waals surface area contributed by atoms with E-state index < -0.39 is 0 Å². The number of benzene rings is 1. The van der Waals surface area contributed by atoms with Gasteiger partial charge in [-0.25, -0.2) is 0 Å². The third kappa shape index (κ3) is 4.15. The lowest BCUT2D eigenvalue weighted by atomic mass is 9.92. The number of rotatable bonds is 5. The molecule has 0 saturated carbocycles. The topological polar surface area (TPSA) is 61.4 Å². The second-order valence-corrected chi connectivity index (χ2v) is 6.99. The first kappa shape index (κ1) is 17.0. The van der Waals surface area contributed by atoms with E-state index in [1.807, 2.05) is 17.0 Å². The van der Waals surface area contributed by atoms with Gasteiger partial charge in [0.1, 0.15) is 0 Å². The maximum absolute atomic E-state index is 12.3. The van der Waals surface area contributed by atoms with Crippen molar-refractivity contribution in [2.75, 3.05) is 13.1 Å². The summed E-state index contributed by atoms with van der Waals surface area (Å²) in [6.07, 6.45) is 3.01. The Morgan fingerprint density at radius 3 is 2.62 bits per heavy atom. The van der Waals surface area contributed by atoms with Gasteiger partial charge in [0.05, 0.1) is 0 Å². The van der Waals surface area contributed by atoms with Crippen LogP contribution in [-0.2, 0) is 22.7 Å². The van der Waals surface area contributed by atoms with Crippen molar-refractivity contribution in [2.45, 2.75) is 51.7 Å². The van der Waals surface area contributed by atoms with Crippen LogP contribution in [0.4, 0.5) is 0 Å². The van der Waals surface area contributed by atoms with Gasteiger partial charge in [0, 0.05) is 38.0 Å². The molecule has 1 aromatic rings. The molecule has 1 aromatic carbocycles. The molecule has 1 saturated heterocycles. The Bertz CT molecular complexity index is 577. The third-order valence-electron chi connectivity index (χ3n) is 5.05. The molecule has 130 valence electrons. The standard InChI is InChI=1S/C19H27N3O2/c1-14-11-15(8-10-20-14)19(24)21-9-4-7-18(23)22-12-16-5-2-3-6-17(16)13-22/h2-3,5-6,14-15,20H,4,7-13H2,1H3,(H,21,24)/t14-,15-/m0/s1. The average molecular weight is 329 g/mol. The lowest BCUT2D eigenvalue weighted by Crippen LogP contribution is -2.42. The summed E-state index contributed by atoms with van der Waals surface area (Å²) in [6, 6.07) is 8.62. The van der Waals surface area contributed by atoms with Crippen LogP contribution >= 0.6 is 0 Å². The van der Waals surface area contributed by atoms with Gasteiger partial charge in [-0.05, 0) is 43.9 Å². The molecule has 0 bridgehead atoms. The van der Waals surface area contributed by atoms with E-state index in [0.29, 0.717) is 38.5 Å². The van der Waals surface area contributed by atoms with E-state index in [0.717, 1.165) is 19.4 Å². The zero-order chi connectivity index (χ0) is 16.9. The van der Waals surface area contributed by atoms with Gasteiger partial charge >= 0.3 is 0 Å². The summed E-state index contributed by atoms with van der Waals surface area (Å²) < 4.78 is 0. The maximum atomic E-state index is 12.3. The molecule has 2 atom stereocenters. The minimum absolute atomic E-state index is 0.116. The zero-order valence-electron chi connectivity index (χ0n) is 14.4. The second-order valence-electron chi connectivity index (χ2n) is 6.99. The molecular formula is C19H27N3O2. The molecule has 2 aliphatic rings. The Hall–Kier alpha value is -1.88. The lowest BCUT2D eigenvalue weighted by molar-refractivity contribution is -0.132. The Morgan fingerprint density at radius 2 is 1.96 bits per heavy atom. The highest BCUT2D eigenvalue weighted by Gasteiger charge is 2.25. The van der Waals surface area contributed by atoms with Crippen molar-refractivity contribution in [2.24, 2.45) is 5.92 Å². The molecule has 0 aromatic heterocycles. The van der Waals surface area contributed by atoms with Gasteiger partial charge in [-0.3, -0.25) is 9.59 Å². The summed E-state index contributed by atoms with van der Waals surface area (Å²) in [5.74, 6) is 0.436. The quantitative estimate of drug-likeness (QED) is 0.810. The number of amides is 2. The number of carbonyl (C=O) groups is 2. The summed E-state index contributed by atoms with van der Waals surface area (Å²) in [4.78, 5) is 26.4. The van der Waals surface area contributed by atoms with Crippen molar-refractivity contribution in [3.63, 3.8) is 0 Å². The fourth-order valence-corrected chi connectivity index (χ4v) is 3.63. The van der Waals surface area contributed by atoms with Crippen molar-refractivity contribution in [1.82, 2.24) is 15.5 Å². The van der Waals surface area contributed by atoms with Crippen LogP contribution in [0.15, 0.2) is 24.3 Å². The van der Waals surface area contributed by atoms with Crippen LogP contribution in [0.5, 0.6) is 0 Å². The molecule has 0 unspecified atom stereocenters. The van der Waals surface area contributed by atoms with E-state index in [9.17, 15) is 9.59 Å². The van der Waals surface area contributed by atoms with Crippen LogP contribution in [0, 0.1) is 5.92 Å². The normalized spacial score (nSPS) is 23.0. The van der Waals surface area contributed by atoms with Gasteiger partial charge in [-0.15, -0.1) is 0 Å². The molecular weight excluding hydrogens is 302 g/mol. The summed E-state index contributed by atoms with van der Waals surface area (Å²) in [5.41, 5.74) is 2.50. The van der Waals surface area contributed by atoms with E-state index in [4.69, 9.17) is 0 Å². The first-order valence-corrected chi connectivity index (χ1v) is 8.99. The monoisotopic (exact) mass is 329 g/mol. The van der Waals surface area contributed by atoms with Gasteiger partial charge in [0.15, 0.2) is 0 Å². The number of hydrogen-bond acceptors (Lipinski definition) is 3. The molecule has 2 heterocycles. The van der Waals surface area contributed by atoms with E-state index in [2.05, 4.69) is 29.7 Å². The van der Waals surface area contributed by atoms with Crippen molar-refractivity contribution >= 4 is 11.8 Å². The smallest absolute Gasteiger partial charge is 0.223 e. The summed E-state index contributed by atoms with van der Waals surface area (Å²) >= 11 is 0. The van der Waals surface area contributed by atoms with Gasteiger partial charge in [0.25, 0.3) is 0 Å². The molecule has 0 spiro atoms. The fourth-order valence-electron chi connectivity index (χ4n) is 3.63. The molecule has 2 N–H and O–H groups in total. The van der Waals surface area contributed by atoms with Crippen molar-refractivity contribution < 1.29 is 9.59 Å². The number of piperidine rings is 1. The Labute approximate surface area is 143 Å². The van der Waals surface area contributed by atoms with Gasteiger partial charge in [-0.2, -0.15) is 0 Å². The minimum atomic E-state index is 0.116. The molecule has 3 rings (SSSR count). The van der Waals surface area contributed by atoms with E-state index >= 15 is 0 Å². The summed E-state index contributed by atoms with van der Waals surface area (Å²) in [7, 11) is 0. The van der Waals surface area contributed by atoms with Crippen LogP contribution < -0.4 is 10.6 Å². The number of hydrogen-bond donors (Lipinski definition) is 2. The Balaban J connectivity index is 1.35. The molecule has 24 heavy (non-hydrogen) atoms. The SMILES string of the molecule is C[C@H]1C[C@@H](C(=O)NCCCC(=O)N2Cc3ccccc3C2)CCN1. The van der Waals surface area contributed by atoms with Gasteiger partial charge in [-0.1, -0.05) is 24.3 Å². The van der Waals surface area contributed by atoms with Gasteiger partial charge < -0.3 is 15.5 Å². The highest BCUT2D eigenvalue weighted by molar-refractivity contribution is 5.79. The highest BCUT2D eigenvalue weighted by Crippen LogP contribution is 2.23. The molecule has 5 heteroatoms. The summed E-state index contributed by atoms with van der Waals surface area (Å²) in [5, 5.41) is 6.36. The predicted octanol–water partition coefficient (Wildman–Crippen LogP) is 1.81. The van der Waals surface area contributed by atoms with Crippen LogP contribution in [0.1, 0.15) is 43.7 Å². The predicted molar refractivity (Wildman–Crippen MR) is 93.1 cm³/mol. The van der Waals surface area contributed by atoms with Crippen LogP contribution in [0.25, 0.3) is 0 Å². The molecule has 1 fully saturated rings. The first-order valence-electron chi connectivity index (χ1n) is 8.99. The van der Waals surface area contributed by atoms with Crippen LogP contribution in [-0.4, -0.2) is 35.8 Å². The minimum Gasteiger partial charge on any atom is -0.356 e. The van der Waals surface area contributed by atoms with Gasteiger partial charge in [0.2, 0.25) is 11.8 Å². The summed E-state index contributed by atoms with van der Waals surface area (Å²) in [6.45, 7) is 5.05. The average Bonchev–Trinajstić information content (AvgIpc) is 3.02. The Kier molecular flexibility index (Phi) is 5.51. The third-order valence-corrected chi connectivity index (χ3v) is 5.05. The van der Waals surface area contributed by atoms with Crippen molar-refractivity contribution in [1.29, 1.82) is 0 Å². The lowest BCUT2D eigenvalue weighted by Gasteiger charge is -2.27. The number of fused-ring (bicyclic) bond motifs is 1. The van der Waals surface area contributed by atoms with Crippen LogP contribution in [0.2, 0.25) is 0 Å². The molecule has 5 nitrogen and oxygen atoms in total. The van der Waals surface area contributed by atoms with Crippen molar-refractivity contribution in [3.05, 3.63) is 35.4 Å².